The lowest BCUT2D eigenvalue weighted by atomic mass is 9.96. The van der Waals surface area contributed by atoms with Crippen molar-refractivity contribution in [1.29, 1.82) is 0 Å². The summed E-state index contributed by atoms with van der Waals surface area (Å²) in [6.07, 6.45) is 2.67. The maximum absolute atomic E-state index is 5.54. The first-order valence-corrected chi connectivity index (χ1v) is 7.55. The number of rotatable bonds is 8. The van der Waals surface area contributed by atoms with Crippen molar-refractivity contribution in [2.24, 2.45) is 5.92 Å². The van der Waals surface area contributed by atoms with E-state index in [9.17, 15) is 0 Å². The highest BCUT2D eigenvalue weighted by Crippen LogP contribution is 2.16. The zero-order valence-corrected chi connectivity index (χ0v) is 13.2. The first-order valence-electron chi connectivity index (χ1n) is 7.55. The minimum atomic E-state index is 0.228. The summed E-state index contributed by atoms with van der Waals surface area (Å²) < 4.78 is 10.5. The van der Waals surface area contributed by atoms with Crippen LogP contribution in [-0.4, -0.2) is 63.5 Å². The zero-order valence-electron chi connectivity index (χ0n) is 13.2. The monoisotopic (exact) mass is 272 g/mol. The van der Waals surface area contributed by atoms with Gasteiger partial charge in [-0.3, -0.25) is 0 Å². The van der Waals surface area contributed by atoms with Crippen LogP contribution in [0.4, 0.5) is 0 Å². The molecule has 0 bridgehead atoms. The molecule has 4 heteroatoms. The number of hydrogen-bond donors (Lipinski definition) is 1. The average molecular weight is 272 g/mol. The number of hydrogen-bond acceptors (Lipinski definition) is 4. The molecular weight excluding hydrogens is 240 g/mol. The Labute approximate surface area is 118 Å². The molecule has 1 saturated heterocycles. The van der Waals surface area contributed by atoms with Crippen LogP contribution in [-0.2, 0) is 9.47 Å². The maximum atomic E-state index is 5.54. The summed E-state index contributed by atoms with van der Waals surface area (Å²) in [5.41, 5.74) is 0.228. The molecule has 1 fully saturated rings. The predicted octanol–water partition coefficient (Wildman–Crippen LogP) is 1.75. The van der Waals surface area contributed by atoms with Gasteiger partial charge in [0.2, 0.25) is 0 Å². The molecule has 19 heavy (non-hydrogen) atoms. The second-order valence-corrected chi connectivity index (χ2v) is 6.54. The molecule has 0 amide bonds. The van der Waals surface area contributed by atoms with Crippen LogP contribution in [0.25, 0.3) is 0 Å². The summed E-state index contributed by atoms with van der Waals surface area (Å²) in [6.45, 7) is 13.5. The number of methoxy groups -OCH3 is 1. The molecule has 1 heterocycles. The Morgan fingerprint density at radius 3 is 2.68 bits per heavy atom. The summed E-state index contributed by atoms with van der Waals surface area (Å²) in [5, 5.41) is 3.62. The third-order valence-electron chi connectivity index (χ3n) is 3.51. The van der Waals surface area contributed by atoms with Gasteiger partial charge >= 0.3 is 0 Å². The van der Waals surface area contributed by atoms with Crippen LogP contribution >= 0.6 is 0 Å². The van der Waals surface area contributed by atoms with Gasteiger partial charge in [-0.25, -0.2) is 0 Å². The Bertz CT molecular complexity index is 229. The van der Waals surface area contributed by atoms with E-state index in [1.54, 1.807) is 7.11 Å². The van der Waals surface area contributed by atoms with E-state index in [4.69, 9.17) is 9.47 Å². The van der Waals surface area contributed by atoms with Gasteiger partial charge in [0.15, 0.2) is 0 Å². The molecule has 0 aromatic heterocycles. The Morgan fingerprint density at radius 1 is 1.21 bits per heavy atom. The summed E-state index contributed by atoms with van der Waals surface area (Å²) >= 11 is 0. The van der Waals surface area contributed by atoms with Crippen LogP contribution in [0.5, 0.6) is 0 Å². The highest BCUT2D eigenvalue weighted by Gasteiger charge is 2.21. The minimum Gasteiger partial charge on any atom is -0.382 e. The highest BCUT2D eigenvalue weighted by atomic mass is 16.5. The molecule has 0 spiro atoms. The molecule has 1 aliphatic rings. The van der Waals surface area contributed by atoms with Gasteiger partial charge in [-0.15, -0.1) is 0 Å². The van der Waals surface area contributed by atoms with Crippen molar-refractivity contribution in [2.75, 3.05) is 53.1 Å². The number of nitrogens with zero attached hydrogens (tertiary/aromatic N) is 1. The van der Waals surface area contributed by atoms with Crippen LogP contribution < -0.4 is 5.32 Å². The molecule has 1 rings (SSSR count). The Kier molecular flexibility index (Phi) is 7.91. The van der Waals surface area contributed by atoms with Crippen LogP contribution in [0, 0.1) is 5.92 Å². The second-order valence-electron chi connectivity index (χ2n) is 6.54. The fourth-order valence-corrected chi connectivity index (χ4v) is 2.41. The van der Waals surface area contributed by atoms with E-state index in [1.807, 2.05) is 0 Å². The number of likely N-dealkylation sites (tertiary alicyclic amines) is 1. The lowest BCUT2D eigenvalue weighted by molar-refractivity contribution is 0.0490. The molecule has 1 aliphatic heterocycles. The third kappa shape index (κ3) is 8.58. The number of piperidine rings is 1. The van der Waals surface area contributed by atoms with Gasteiger partial charge in [0, 0.05) is 25.7 Å². The van der Waals surface area contributed by atoms with Crippen LogP contribution in [0.2, 0.25) is 0 Å². The van der Waals surface area contributed by atoms with Crippen molar-refractivity contribution in [1.82, 2.24) is 10.2 Å². The number of nitrogens with one attached hydrogen (secondary N) is 1. The molecule has 1 unspecified atom stereocenters. The van der Waals surface area contributed by atoms with E-state index in [1.165, 1.54) is 25.9 Å². The van der Waals surface area contributed by atoms with Crippen molar-refractivity contribution in [2.45, 2.75) is 39.2 Å². The van der Waals surface area contributed by atoms with Gasteiger partial charge in [-0.2, -0.15) is 0 Å². The van der Waals surface area contributed by atoms with Crippen LogP contribution in [0.15, 0.2) is 0 Å². The zero-order chi connectivity index (χ0) is 14.1. The molecule has 0 aliphatic carbocycles. The largest absolute Gasteiger partial charge is 0.382 e. The number of ether oxygens (including phenoxy) is 2. The fraction of sp³-hybridized carbons (Fsp3) is 1.00. The van der Waals surface area contributed by atoms with Crippen LogP contribution in [0.1, 0.15) is 33.6 Å². The van der Waals surface area contributed by atoms with E-state index in [0.717, 1.165) is 25.6 Å². The van der Waals surface area contributed by atoms with E-state index in [0.29, 0.717) is 13.2 Å². The van der Waals surface area contributed by atoms with Crippen molar-refractivity contribution in [3.63, 3.8) is 0 Å². The summed E-state index contributed by atoms with van der Waals surface area (Å²) in [6, 6.07) is 0. The predicted molar refractivity (Wildman–Crippen MR) is 79.6 cm³/mol. The second kappa shape index (κ2) is 8.90. The van der Waals surface area contributed by atoms with Gasteiger partial charge in [-0.05, 0) is 52.6 Å². The molecule has 0 saturated carbocycles. The minimum absolute atomic E-state index is 0.228. The lowest BCUT2D eigenvalue weighted by Crippen LogP contribution is -2.45. The SMILES string of the molecule is COCCOCCN1CCCC(CNC(C)(C)C)C1. The third-order valence-corrected chi connectivity index (χ3v) is 3.51. The topological polar surface area (TPSA) is 33.7 Å². The molecule has 0 radical (unpaired) electrons. The fourth-order valence-electron chi connectivity index (χ4n) is 2.41. The van der Waals surface area contributed by atoms with Gasteiger partial charge < -0.3 is 19.7 Å². The van der Waals surface area contributed by atoms with Crippen molar-refractivity contribution in [3.05, 3.63) is 0 Å². The smallest absolute Gasteiger partial charge is 0.0700 e. The van der Waals surface area contributed by atoms with Gasteiger partial charge in [-0.1, -0.05) is 0 Å². The quantitative estimate of drug-likeness (QED) is 0.683. The normalized spacial score (nSPS) is 21.8. The van der Waals surface area contributed by atoms with Gasteiger partial charge in [0.1, 0.15) is 0 Å². The lowest BCUT2D eigenvalue weighted by Gasteiger charge is -2.34. The van der Waals surface area contributed by atoms with Gasteiger partial charge in [0.05, 0.1) is 19.8 Å². The summed E-state index contributed by atoms with van der Waals surface area (Å²) in [7, 11) is 1.71. The van der Waals surface area contributed by atoms with Crippen LogP contribution in [0.3, 0.4) is 0 Å². The van der Waals surface area contributed by atoms with Crippen molar-refractivity contribution in [3.8, 4) is 0 Å². The molecular formula is C15H32N2O2. The molecule has 0 aromatic rings. The molecule has 0 aromatic carbocycles. The molecule has 1 N–H and O–H groups in total. The Balaban J connectivity index is 2.12. The Hall–Kier alpha value is -0.160. The van der Waals surface area contributed by atoms with E-state index in [-0.39, 0.29) is 5.54 Å². The summed E-state index contributed by atoms with van der Waals surface area (Å²) in [5.74, 6) is 0.784. The molecule has 4 nitrogen and oxygen atoms in total. The molecule has 1 atom stereocenters. The standard InChI is InChI=1S/C15H32N2O2/c1-15(2,3)16-12-14-6-5-7-17(13-14)8-9-19-11-10-18-4/h14,16H,5-13H2,1-4H3. The van der Waals surface area contributed by atoms with Crippen molar-refractivity contribution < 1.29 is 9.47 Å². The first kappa shape index (κ1) is 16.9. The molecule has 114 valence electrons. The first-order chi connectivity index (χ1) is 9.01. The summed E-state index contributed by atoms with van der Waals surface area (Å²) in [4.78, 5) is 2.53. The van der Waals surface area contributed by atoms with Crippen molar-refractivity contribution >= 4 is 0 Å². The van der Waals surface area contributed by atoms with E-state index in [2.05, 4.69) is 31.0 Å². The van der Waals surface area contributed by atoms with Gasteiger partial charge in [0.25, 0.3) is 0 Å². The van der Waals surface area contributed by atoms with E-state index < -0.39 is 0 Å². The van der Waals surface area contributed by atoms with E-state index >= 15 is 0 Å². The Morgan fingerprint density at radius 2 is 2.00 bits per heavy atom. The highest BCUT2D eigenvalue weighted by molar-refractivity contribution is 4.78. The maximum Gasteiger partial charge on any atom is 0.0700 e. The average Bonchev–Trinajstić information content (AvgIpc) is 2.36.